The van der Waals surface area contributed by atoms with Gasteiger partial charge in [-0.2, -0.15) is 0 Å². The second-order valence-corrected chi connectivity index (χ2v) is 15.3. The van der Waals surface area contributed by atoms with E-state index in [9.17, 15) is 35.1 Å². The Balaban J connectivity index is 1.17. The third-order valence-corrected chi connectivity index (χ3v) is 13.1. The molecule has 6 unspecified atom stereocenters. The number of piperidine rings is 1. The fraction of sp³-hybridized carbons (Fsp3) is 0.824. The first kappa shape index (κ1) is 31.9. The van der Waals surface area contributed by atoms with Gasteiger partial charge in [0.25, 0.3) is 0 Å². The van der Waals surface area contributed by atoms with Crippen LogP contribution in [0.4, 0.5) is 0 Å². The molecule has 0 radical (unpaired) electrons. The minimum atomic E-state index is -2.05. The van der Waals surface area contributed by atoms with Crippen molar-refractivity contribution >= 4 is 11.6 Å². The highest BCUT2D eigenvalue weighted by atomic mass is 16.7. The van der Waals surface area contributed by atoms with Crippen molar-refractivity contribution in [2.45, 2.75) is 114 Å². The molecule has 0 bridgehead atoms. The fourth-order valence-corrected chi connectivity index (χ4v) is 11.1. The predicted octanol–water partition coefficient (Wildman–Crippen LogP) is 1.22. The summed E-state index contributed by atoms with van der Waals surface area (Å²) in [5.74, 6) is -2.66. The van der Waals surface area contributed by atoms with Crippen LogP contribution in [0.2, 0.25) is 0 Å². The molecule has 2 aliphatic heterocycles. The summed E-state index contributed by atoms with van der Waals surface area (Å²) in [4.78, 5) is 27.6. The van der Waals surface area contributed by atoms with Crippen molar-refractivity contribution in [2.24, 2.45) is 52.6 Å². The summed E-state index contributed by atoms with van der Waals surface area (Å²) in [6.07, 6.45) is 3.83. The molecule has 0 amide bonds. The third-order valence-electron chi connectivity index (χ3n) is 13.1. The molecule has 11 heteroatoms. The zero-order valence-electron chi connectivity index (χ0n) is 26.1. The van der Waals surface area contributed by atoms with Gasteiger partial charge in [0.2, 0.25) is 0 Å². The molecule has 5 aliphatic carbocycles. The Morgan fingerprint density at radius 3 is 2.67 bits per heavy atom. The molecule has 11 nitrogen and oxygen atoms in total. The van der Waals surface area contributed by atoms with Crippen molar-refractivity contribution < 1.29 is 44.6 Å². The Bertz CT molecular complexity index is 1260. The number of rotatable bonds is 5. The number of hydrogen-bond acceptors (Lipinski definition) is 11. The van der Waals surface area contributed by atoms with Crippen LogP contribution in [0.15, 0.2) is 23.5 Å². The Morgan fingerprint density at radius 1 is 1.09 bits per heavy atom. The fourth-order valence-electron chi connectivity index (χ4n) is 11.1. The molecule has 0 spiro atoms. The molecular weight excluding hydrogens is 580 g/mol. The van der Waals surface area contributed by atoms with Gasteiger partial charge >= 0.3 is 0 Å². The van der Waals surface area contributed by atoms with Crippen molar-refractivity contribution in [3.05, 3.63) is 23.5 Å². The first-order chi connectivity index (χ1) is 21.5. The second kappa shape index (κ2) is 11.8. The van der Waals surface area contributed by atoms with Crippen LogP contribution in [0.1, 0.15) is 71.1 Å². The lowest BCUT2D eigenvalue weighted by Gasteiger charge is -2.58. The summed E-state index contributed by atoms with van der Waals surface area (Å²) in [7, 11) is 0. The maximum Gasteiger partial charge on any atom is 0.187 e. The number of allylic oxidation sites excluding steroid dienone is 4. The Labute approximate surface area is 264 Å². The summed E-state index contributed by atoms with van der Waals surface area (Å²) in [6.45, 7) is 1.99. The van der Waals surface area contributed by atoms with Crippen LogP contribution < -0.4 is 11.1 Å². The van der Waals surface area contributed by atoms with E-state index in [4.69, 9.17) is 15.2 Å². The lowest BCUT2D eigenvalue weighted by Crippen LogP contribution is -2.70. The summed E-state index contributed by atoms with van der Waals surface area (Å²) in [5, 5.41) is 60.2. The molecule has 15 atom stereocenters. The van der Waals surface area contributed by atoms with Gasteiger partial charge in [-0.25, -0.2) is 0 Å². The van der Waals surface area contributed by atoms with Crippen LogP contribution in [-0.4, -0.2) is 92.7 Å². The highest BCUT2D eigenvalue weighted by Crippen LogP contribution is 2.63. The van der Waals surface area contributed by atoms with Crippen molar-refractivity contribution in [1.82, 2.24) is 5.32 Å². The number of Topliss-reactive ketones (excluding diaryl/α,β-unsaturated/α-hetero) is 2. The average Bonchev–Trinajstić information content (AvgIpc) is 3.43. The molecule has 45 heavy (non-hydrogen) atoms. The molecule has 7 rings (SSSR count). The topological polar surface area (TPSA) is 192 Å². The van der Waals surface area contributed by atoms with E-state index in [1.165, 1.54) is 6.08 Å². The molecule has 0 aromatic carbocycles. The van der Waals surface area contributed by atoms with Crippen LogP contribution in [-0.2, 0) is 19.1 Å². The van der Waals surface area contributed by atoms with Gasteiger partial charge in [0.05, 0.1) is 36.6 Å². The standard InChI is InChI=1S/C34H50N2O9/c1-16-10-20-26(22(38)11-16)29(40)27-19(28(20)39)5-2-6-23(27)44-32-31(42)34(43,30(41)24(14-37)45-32)15-33-9-3-4-18(33)8-7-17-13-36-25(35)12-21(17)33/h10-11,17-21,23-27,30-32,36-38,41-43H,2-9,12-15,35H2,1H3/t17?,18-,19?,20+,21?,23?,24+,25?,26-,27?,30+,31-,32-,33+,34-/m0/s1. The van der Waals surface area contributed by atoms with E-state index >= 15 is 0 Å². The monoisotopic (exact) mass is 630 g/mol. The van der Waals surface area contributed by atoms with E-state index in [1.807, 2.05) is 0 Å². The van der Waals surface area contributed by atoms with E-state index in [-0.39, 0.29) is 41.2 Å². The molecule has 8 N–H and O–H groups in total. The SMILES string of the molecule is CC1=C[C@H]2C(=O)C3CCCC(O[C@H]4O[C@H](CO)[C@@H](O)[C@@](O)(C[C@]56CCC[C@H]5CCC5CNC(N)CC56)[C@H]4O)C3C(=O)[C@@H]2C(O)=C1. The van der Waals surface area contributed by atoms with Crippen molar-refractivity contribution in [2.75, 3.05) is 13.2 Å². The summed E-state index contributed by atoms with van der Waals surface area (Å²) >= 11 is 0. The number of fused-ring (bicyclic) bond motifs is 5. The Kier molecular flexibility index (Phi) is 8.34. The summed E-state index contributed by atoms with van der Waals surface area (Å²) in [5.41, 5.74) is 4.74. The van der Waals surface area contributed by atoms with Gasteiger partial charge in [-0.05, 0) is 94.1 Å². The number of nitrogens with two attached hydrogens (primary N) is 1. The molecule has 7 aliphatic rings. The molecule has 4 saturated carbocycles. The highest BCUT2D eigenvalue weighted by Gasteiger charge is 2.64. The molecule has 250 valence electrons. The number of ether oxygens (including phenoxy) is 2. The summed E-state index contributed by atoms with van der Waals surface area (Å²) in [6, 6.07) is 0. The van der Waals surface area contributed by atoms with Crippen LogP contribution >= 0.6 is 0 Å². The van der Waals surface area contributed by atoms with Crippen LogP contribution in [0, 0.1) is 46.8 Å². The van der Waals surface area contributed by atoms with Gasteiger partial charge in [-0.15, -0.1) is 0 Å². The van der Waals surface area contributed by atoms with Crippen molar-refractivity contribution in [3.8, 4) is 0 Å². The number of ketones is 2. The van der Waals surface area contributed by atoms with E-state index in [1.54, 1.807) is 13.0 Å². The summed E-state index contributed by atoms with van der Waals surface area (Å²) < 4.78 is 12.3. The Morgan fingerprint density at radius 2 is 1.89 bits per heavy atom. The van der Waals surface area contributed by atoms with Gasteiger partial charge in [-0.1, -0.05) is 24.5 Å². The van der Waals surface area contributed by atoms with Gasteiger partial charge in [-0.3, -0.25) is 9.59 Å². The highest BCUT2D eigenvalue weighted by molar-refractivity contribution is 6.02. The zero-order chi connectivity index (χ0) is 31.8. The van der Waals surface area contributed by atoms with E-state index in [2.05, 4.69) is 5.32 Å². The molecule has 0 aromatic heterocycles. The maximum atomic E-state index is 13.9. The van der Waals surface area contributed by atoms with Crippen LogP contribution in [0.3, 0.4) is 0 Å². The van der Waals surface area contributed by atoms with E-state index in [0.29, 0.717) is 31.1 Å². The molecule has 0 aromatic rings. The quantitative estimate of drug-likeness (QED) is 0.231. The number of aliphatic hydroxyl groups excluding tert-OH is 4. The minimum Gasteiger partial charge on any atom is -0.512 e. The average molecular weight is 631 g/mol. The van der Waals surface area contributed by atoms with Crippen molar-refractivity contribution in [3.63, 3.8) is 0 Å². The Hall–Kier alpha value is -1.70. The van der Waals surface area contributed by atoms with Gasteiger partial charge < -0.3 is 46.1 Å². The lowest BCUT2D eigenvalue weighted by molar-refractivity contribution is -0.351. The molecule has 2 saturated heterocycles. The zero-order valence-corrected chi connectivity index (χ0v) is 26.1. The number of hydrogen-bond donors (Lipinski definition) is 7. The largest absolute Gasteiger partial charge is 0.512 e. The molecule has 2 heterocycles. The first-order valence-electron chi connectivity index (χ1n) is 17.1. The lowest BCUT2D eigenvalue weighted by atomic mass is 9.51. The second-order valence-electron chi connectivity index (χ2n) is 15.3. The van der Waals surface area contributed by atoms with Crippen molar-refractivity contribution in [1.29, 1.82) is 0 Å². The number of aliphatic hydroxyl groups is 5. The third kappa shape index (κ3) is 4.99. The number of nitrogens with one attached hydrogen (secondary N) is 1. The van der Waals surface area contributed by atoms with Gasteiger partial charge in [0.1, 0.15) is 35.5 Å². The first-order valence-corrected chi connectivity index (χ1v) is 17.1. The van der Waals surface area contributed by atoms with E-state index in [0.717, 1.165) is 50.6 Å². The predicted molar refractivity (Wildman–Crippen MR) is 161 cm³/mol. The van der Waals surface area contributed by atoms with Crippen LogP contribution in [0.25, 0.3) is 0 Å². The van der Waals surface area contributed by atoms with E-state index < -0.39 is 66.6 Å². The van der Waals surface area contributed by atoms with Gasteiger partial charge in [0.15, 0.2) is 12.1 Å². The van der Waals surface area contributed by atoms with Crippen LogP contribution in [0.5, 0.6) is 0 Å². The minimum absolute atomic E-state index is 0.0967. The molecular formula is C34H50N2O9. The normalized spacial score (nSPS) is 51.4. The molecule has 6 fully saturated rings. The number of carbonyl (C=O) groups excluding carboxylic acids is 2. The number of carbonyl (C=O) groups is 2. The smallest absolute Gasteiger partial charge is 0.187 e. The van der Waals surface area contributed by atoms with Gasteiger partial charge in [0, 0.05) is 5.92 Å². The maximum absolute atomic E-state index is 13.9.